The molecule has 0 aliphatic carbocycles. The molecule has 11 heavy (non-hydrogen) atoms. The van der Waals surface area contributed by atoms with E-state index < -0.39 is 0 Å². The summed E-state index contributed by atoms with van der Waals surface area (Å²) < 4.78 is 6.79. The van der Waals surface area contributed by atoms with Gasteiger partial charge in [-0.2, -0.15) is 0 Å². The van der Waals surface area contributed by atoms with Gasteiger partial charge >= 0.3 is 6.01 Å². The Morgan fingerprint density at radius 3 is 2.82 bits per heavy atom. The molecule has 0 aliphatic rings. The third-order valence-electron chi connectivity index (χ3n) is 1.34. The van der Waals surface area contributed by atoms with Gasteiger partial charge in [-0.1, -0.05) is 11.0 Å². The monoisotopic (exact) mass is 151 g/mol. The van der Waals surface area contributed by atoms with Crippen LogP contribution in [0.2, 0.25) is 0 Å². The van der Waals surface area contributed by atoms with Crippen molar-refractivity contribution in [3.8, 4) is 18.4 Å². The van der Waals surface area contributed by atoms with E-state index >= 15 is 0 Å². The standard InChI is InChI=1S/C7H9N3O/c1-4-5-11-7-9-8-6(2)10(7)3/h1H,5H2,2-3H3. The largest absolute Gasteiger partial charge is 0.450 e. The Balaban J connectivity index is 2.72. The summed E-state index contributed by atoms with van der Waals surface area (Å²) in [5.41, 5.74) is 0. The molecule has 0 amide bonds. The predicted octanol–water partition coefficient (Wildman–Crippen LogP) is 0.136. The van der Waals surface area contributed by atoms with E-state index in [-0.39, 0.29) is 6.61 Å². The summed E-state index contributed by atoms with van der Waals surface area (Å²) in [5, 5.41) is 7.54. The van der Waals surface area contributed by atoms with Gasteiger partial charge in [0.2, 0.25) is 0 Å². The maximum atomic E-state index is 5.06. The van der Waals surface area contributed by atoms with Gasteiger partial charge in [0.05, 0.1) is 0 Å². The summed E-state index contributed by atoms with van der Waals surface area (Å²) in [7, 11) is 1.82. The van der Waals surface area contributed by atoms with Crippen LogP contribution in [0, 0.1) is 19.3 Å². The van der Waals surface area contributed by atoms with Crippen LogP contribution in [0.5, 0.6) is 6.01 Å². The van der Waals surface area contributed by atoms with Crippen LogP contribution in [0.1, 0.15) is 5.82 Å². The zero-order chi connectivity index (χ0) is 8.27. The first kappa shape index (κ1) is 7.61. The summed E-state index contributed by atoms with van der Waals surface area (Å²) in [6.45, 7) is 2.07. The van der Waals surface area contributed by atoms with Gasteiger partial charge in [-0.25, -0.2) is 0 Å². The molecule has 0 aliphatic heterocycles. The Kier molecular flexibility index (Phi) is 2.12. The molecule has 0 saturated carbocycles. The van der Waals surface area contributed by atoms with Crippen LogP contribution in [-0.4, -0.2) is 21.4 Å². The second kappa shape index (κ2) is 3.06. The lowest BCUT2D eigenvalue weighted by Gasteiger charge is -1.99. The van der Waals surface area contributed by atoms with Crippen molar-refractivity contribution in [2.24, 2.45) is 7.05 Å². The molecule has 1 aromatic heterocycles. The van der Waals surface area contributed by atoms with Gasteiger partial charge in [0.25, 0.3) is 0 Å². The van der Waals surface area contributed by atoms with Crippen molar-refractivity contribution in [2.75, 3.05) is 6.61 Å². The van der Waals surface area contributed by atoms with Crippen molar-refractivity contribution in [3.63, 3.8) is 0 Å². The first-order chi connectivity index (χ1) is 5.25. The number of ether oxygens (including phenoxy) is 1. The number of aromatic nitrogens is 3. The third kappa shape index (κ3) is 1.49. The fraction of sp³-hybridized carbons (Fsp3) is 0.429. The minimum atomic E-state index is 0.228. The molecule has 4 nitrogen and oxygen atoms in total. The number of hydrogen-bond donors (Lipinski definition) is 0. The van der Waals surface area contributed by atoms with Crippen LogP contribution >= 0.6 is 0 Å². The van der Waals surface area contributed by atoms with E-state index in [9.17, 15) is 0 Å². The zero-order valence-corrected chi connectivity index (χ0v) is 6.53. The van der Waals surface area contributed by atoms with Gasteiger partial charge in [-0.15, -0.1) is 11.5 Å². The fourth-order valence-electron chi connectivity index (χ4n) is 0.620. The SMILES string of the molecule is C#CCOc1nnc(C)n1C. The predicted molar refractivity (Wildman–Crippen MR) is 40.1 cm³/mol. The Morgan fingerprint density at radius 1 is 1.64 bits per heavy atom. The minimum Gasteiger partial charge on any atom is -0.450 e. The first-order valence-electron chi connectivity index (χ1n) is 3.18. The summed E-state index contributed by atoms with van der Waals surface area (Å²) in [6.07, 6.45) is 5.00. The summed E-state index contributed by atoms with van der Waals surface area (Å²) >= 11 is 0. The molecule has 4 heteroatoms. The third-order valence-corrected chi connectivity index (χ3v) is 1.34. The highest BCUT2D eigenvalue weighted by Gasteiger charge is 2.03. The van der Waals surface area contributed by atoms with E-state index in [0.717, 1.165) is 5.82 Å². The van der Waals surface area contributed by atoms with Crippen molar-refractivity contribution in [1.82, 2.24) is 14.8 Å². The topological polar surface area (TPSA) is 39.9 Å². The van der Waals surface area contributed by atoms with Crippen LogP contribution in [0.15, 0.2) is 0 Å². The Hall–Kier alpha value is -1.50. The van der Waals surface area contributed by atoms with Crippen LogP contribution in [0.25, 0.3) is 0 Å². The van der Waals surface area contributed by atoms with Crippen LogP contribution < -0.4 is 4.74 Å². The maximum Gasteiger partial charge on any atom is 0.317 e. The van der Waals surface area contributed by atoms with Crippen LogP contribution in [-0.2, 0) is 7.05 Å². The molecule has 1 aromatic rings. The average Bonchev–Trinajstić information content (AvgIpc) is 2.31. The molecule has 0 N–H and O–H groups in total. The molecule has 58 valence electrons. The fourth-order valence-corrected chi connectivity index (χ4v) is 0.620. The second-order valence-electron chi connectivity index (χ2n) is 2.08. The number of aryl methyl sites for hydroxylation is 1. The number of terminal acetylenes is 1. The molecule has 0 spiro atoms. The number of hydrogen-bond acceptors (Lipinski definition) is 3. The normalized spacial score (nSPS) is 9.18. The smallest absolute Gasteiger partial charge is 0.317 e. The van der Waals surface area contributed by atoms with Crippen molar-refractivity contribution >= 4 is 0 Å². The summed E-state index contributed by atoms with van der Waals surface area (Å²) in [5.74, 6) is 3.15. The van der Waals surface area contributed by atoms with Gasteiger partial charge in [0.1, 0.15) is 5.82 Å². The molecular formula is C7H9N3O. The Labute approximate surface area is 65.2 Å². The second-order valence-corrected chi connectivity index (χ2v) is 2.08. The summed E-state index contributed by atoms with van der Waals surface area (Å²) in [6, 6.07) is 0.459. The van der Waals surface area contributed by atoms with E-state index in [0.29, 0.717) is 6.01 Å². The molecule has 0 radical (unpaired) electrons. The van der Waals surface area contributed by atoms with E-state index in [4.69, 9.17) is 11.2 Å². The average molecular weight is 151 g/mol. The van der Waals surface area contributed by atoms with Crippen molar-refractivity contribution in [2.45, 2.75) is 6.92 Å². The van der Waals surface area contributed by atoms with Gasteiger partial charge in [-0.05, 0) is 6.92 Å². The highest BCUT2D eigenvalue weighted by Crippen LogP contribution is 2.05. The Bertz CT molecular complexity index is 284. The van der Waals surface area contributed by atoms with Gasteiger partial charge < -0.3 is 4.74 Å². The van der Waals surface area contributed by atoms with Crippen molar-refractivity contribution in [1.29, 1.82) is 0 Å². The quantitative estimate of drug-likeness (QED) is 0.564. The molecule has 0 bridgehead atoms. The van der Waals surface area contributed by atoms with E-state index in [2.05, 4.69) is 16.1 Å². The van der Waals surface area contributed by atoms with Crippen molar-refractivity contribution < 1.29 is 4.74 Å². The zero-order valence-electron chi connectivity index (χ0n) is 6.53. The first-order valence-corrected chi connectivity index (χ1v) is 3.18. The summed E-state index contributed by atoms with van der Waals surface area (Å²) in [4.78, 5) is 0. The lowest BCUT2D eigenvalue weighted by molar-refractivity contribution is 0.326. The molecular weight excluding hydrogens is 142 g/mol. The molecule has 0 fully saturated rings. The minimum absolute atomic E-state index is 0.228. The molecule has 0 saturated heterocycles. The lowest BCUT2D eigenvalue weighted by Crippen LogP contribution is -2.01. The van der Waals surface area contributed by atoms with E-state index in [1.165, 1.54) is 0 Å². The molecule has 1 heterocycles. The van der Waals surface area contributed by atoms with Gasteiger partial charge in [0.15, 0.2) is 6.61 Å². The van der Waals surface area contributed by atoms with E-state index in [1.54, 1.807) is 4.57 Å². The molecule has 0 atom stereocenters. The molecule has 0 unspecified atom stereocenters. The Morgan fingerprint density at radius 2 is 2.36 bits per heavy atom. The lowest BCUT2D eigenvalue weighted by atomic mass is 10.7. The maximum absolute atomic E-state index is 5.06. The van der Waals surface area contributed by atoms with Gasteiger partial charge in [-0.3, -0.25) is 4.57 Å². The highest BCUT2D eigenvalue weighted by atomic mass is 16.5. The van der Waals surface area contributed by atoms with E-state index in [1.807, 2.05) is 14.0 Å². The van der Waals surface area contributed by atoms with Crippen LogP contribution in [0.3, 0.4) is 0 Å². The number of rotatable bonds is 2. The van der Waals surface area contributed by atoms with Gasteiger partial charge in [0, 0.05) is 7.05 Å². The molecule has 1 rings (SSSR count). The van der Waals surface area contributed by atoms with Crippen LogP contribution in [0.4, 0.5) is 0 Å². The number of nitrogens with zero attached hydrogens (tertiary/aromatic N) is 3. The highest BCUT2D eigenvalue weighted by molar-refractivity contribution is 4.99. The molecule has 0 aromatic carbocycles. The van der Waals surface area contributed by atoms with Crippen molar-refractivity contribution in [3.05, 3.63) is 5.82 Å².